The van der Waals surface area contributed by atoms with Crippen LogP contribution in [-0.4, -0.2) is 48.8 Å². The first-order valence-electron chi connectivity index (χ1n) is 12.4. The summed E-state index contributed by atoms with van der Waals surface area (Å²) in [6.45, 7) is 4.39. The number of phenols is 2. The first-order chi connectivity index (χ1) is 17.4. The fraction of sp³-hybridized carbons (Fsp3) is 0.345. The zero-order chi connectivity index (χ0) is 25.7. The largest absolute Gasteiger partial charge is 0.508 e. The summed E-state index contributed by atoms with van der Waals surface area (Å²) in [5, 5.41) is 25.1. The van der Waals surface area contributed by atoms with E-state index in [4.69, 9.17) is 10.5 Å². The first kappa shape index (κ1) is 25.8. The highest BCUT2D eigenvalue weighted by molar-refractivity contribution is 6.15. The fourth-order valence-corrected chi connectivity index (χ4v) is 4.94. The summed E-state index contributed by atoms with van der Waals surface area (Å²) in [5.41, 5.74) is 8.71. The van der Waals surface area contributed by atoms with Crippen LogP contribution < -0.4 is 11.1 Å². The Morgan fingerprint density at radius 1 is 1.17 bits per heavy atom. The number of carbonyl (C=O) groups excluding carboxylic acids is 1. The predicted molar refractivity (Wildman–Crippen MR) is 138 cm³/mol. The van der Waals surface area contributed by atoms with E-state index in [1.54, 1.807) is 31.2 Å². The van der Waals surface area contributed by atoms with E-state index in [9.17, 15) is 19.4 Å². The van der Waals surface area contributed by atoms with Crippen LogP contribution in [0.3, 0.4) is 0 Å². The van der Waals surface area contributed by atoms with E-state index < -0.39 is 5.82 Å². The van der Waals surface area contributed by atoms with Crippen LogP contribution in [0, 0.1) is 12.7 Å². The maximum atomic E-state index is 14.7. The van der Waals surface area contributed by atoms with Crippen molar-refractivity contribution in [2.75, 3.05) is 32.8 Å². The summed E-state index contributed by atoms with van der Waals surface area (Å²) >= 11 is 0. The molecule has 0 aliphatic carbocycles. The van der Waals surface area contributed by atoms with Crippen molar-refractivity contribution in [2.24, 2.45) is 5.73 Å². The molecular formula is C29H33FN2O4. The van der Waals surface area contributed by atoms with Gasteiger partial charge in [-0.15, -0.1) is 0 Å². The number of halogens is 1. The number of ketones is 1. The molecule has 4 rings (SSSR count). The maximum absolute atomic E-state index is 14.7. The summed E-state index contributed by atoms with van der Waals surface area (Å²) in [5.74, 6) is -0.763. The van der Waals surface area contributed by atoms with E-state index in [0.29, 0.717) is 55.0 Å². The number of carbonyl (C=O) groups is 1. The molecule has 7 heteroatoms. The van der Waals surface area contributed by atoms with Gasteiger partial charge in [-0.25, -0.2) is 4.39 Å². The van der Waals surface area contributed by atoms with Gasteiger partial charge in [-0.2, -0.15) is 0 Å². The average Bonchev–Trinajstić information content (AvgIpc) is 2.89. The van der Waals surface area contributed by atoms with Gasteiger partial charge < -0.3 is 26.0 Å². The number of nitrogens with two attached hydrogens (primary N) is 1. The van der Waals surface area contributed by atoms with Crippen LogP contribution in [0.2, 0.25) is 0 Å². The Hall–Kier alpha value is -3.26. The molecule has 1 aliphatic heterocycles. The minimum Gasteiger partial charge on any atom is -0.508 e. The second-order valence-corrected chi connectivity index (χ2v) is 9.21. The number of piperidine rings is 1. The summed E-state index contributed by atoms with van der Waals surface area (Å²) in [4.78, 5) is 13.9. The van der Waals surface area contributed by atoms with E-state index in [1.165, 1.54) is 18.2 Å². The number of hydrogen-bond donors (Lipinski definition) is 4. The van der Waals surface area contributed by atoms with Gasteiger partial charge in [-0.3, -0.25) is 4.79 Å². The van der Waals surface area contributed by atoms with Gasteiger partial charge in [-0.1, -0.05) is 30.3 Å². The van der Waals surface area contributed by atoms with Crippen LogP contribution in [0.15, 0.2) is 48.5 Å². The van der Waals surface area contributed by atoms with Gasteiger partial charge in [0.2, 0.25) is 0 Å². The topological polar surface area (TPSA) is 105 Å². The van der Waals surface area contributed by atoms with E-state index in [2.05, 4.69) is 5.32 Å². The third-order valence-corrected chi connectivity index (χ3v) is 6.80. The van der Waals surface area contributed by atoms with Crippen LogP contribution in [-0.2, 0) is 11.2 Å². The van der Waals surface area contributed by atoms with Crippen molar-refractivity contribution in [2.45, 2.75) is 32.1 Å². The summed E-state index contributed by atoms with van der Waals surface area (Å²) in [6, 6.07) is 12.7. The number of benzene rings is 3. The molecule has 0 bridgehead atoms. The van der Waals surface area contributed by atoms with E-state index in [-0.39, 0.29) is 34.3 Å². The molecule has 1 fully saturated rings. The first-order valence-corrected chi connectivity index (χ1v) is 12.4. The Balaban J connectivity index is 1.98. The Kier molecular flexibility index (Phi) is 8.36. The molecule has 36 heavy (non-hydrogen) atoms. The molecule has 1 atom stereocenters. The van der Waals surface area contributed by atoms with Crippen molar-refractivity contribution < 1.29 is 24.1 Å². The molecule has 3 aromatic carbocycles. The summed E-state index contributed by atoms with van der Waals surface area (Å²) in [6.07, 6.45) is 2.27. The zero-order valence-corrected chi connectivity index (χ0v) is 20.5. The van der Waals surface area contributed by atoms with Gasteiger partial charge in [0.05, 0.1) is 13.2 Å². The number of aromatic hydroxyl groups is 2. The molecule has 0 radical (unpaired) electrons. The molecule has 3 aromatic rings. The van der Waals surface area contributed by atoms with Crippen molar-refractivity contribution in [1.82, 2.24) is 5.32 Å². The molecule has 6 nitrogen and oxygen atoms in total. The highest BCUT2D eigenvalue weighted by atomic mass is 19.1. The van der Waals surface area contributed by atoms with Gasteiger partial charge >= 0.3 is 0 Å². The molecule has 0 amide bonds. The van der Waals surface area contributed by atoms with Crippen molar-refractivity contribution in [3.63, 3.8) is 0 Å². The lowest BCUT2D eigenvalue weighted by molar-refractivity contribution is 0.103. The molecule has 0 spiro atoms. The number of hydrogen-bond acceptors (Lipinski definition) is 6. The lowest BCUT2D eigenvalue weighted by atomic mass is 9.81. The maximum Gasteiger partial charge on any atom is 0.194 e. The van der Waals surface area contributed by atoms with Gasteiger partial charge in [-0.05, 0) is 73.2 Å². The van der Waals surface area contributed by atoms with Gasteiger partial charge in [0.1, 0.15) is 17.3 Å². The zero-order valence-electron chi connectivity index (χ0n) is 20.5. The summed E-state index contributed by atoms with van der Waals surface area (Å²) < 4.78 is 20.3. The van der Waals surface area contributed by atoms with E-state index in [0.717, 1.165) is 24.9 Å². The smallest absolute Gasteiger partial charge is 0.194 e. The van der Waals surface area contributed by atoms with E-state index in [1.807, 2.05) is 6.07 Å². The predicted octanol–water partition coefficient (Wildman–Crippen LogP) is 4.43. The second kappa shape index (κ2) is 11.6. The summed E-state index contributed by atoms with van der Waals surface area (Å²) in [7, 11) is 0. The Bertz CT molecular complexity index is 1240. The minimum atomic E-state index is -0.416. The molecular weight excluding hydrogens is 459 g/mol. The monoisotopic (exact) mass is 492 g/mol. The van der Waals surface area contributed by atoms with Crippen molar-refractivity contribution >= 4 is 5.78 Å². The SMILES string of the molecule is Cc1c(F)cccc1-c1c(O)c([C@H]2CCCNC2)cc(CCOCCN)c1C(=O)c1cccc(O)c1. The number of ether oxygens (including phenoxy) is 1. The van der Waals surface area contributed by atoms with Crippen LogP contribution >= 0.6 is 0 Å². The highest BCUT2D eigenvalue weighted by Gasteiger charge is 2.29. The van der Waals surface area contributed by atoms with Gasteiger partial charge in [0.25, 0.3) is 0 Å². The number of phenolic OH excluding ortho intramolecular Hbond substituents is 2. The highest BCUT2D eigenvalue weighted by Crippen LogP contribution is 2.44. The van der Waals surface area contributed by atoms with Crippen LogP contribution in [0.5, 0.6) is 11.5 Å². The normalized spacial score (nSPS) is 15.7. The Morgan fingerprint density at radius 3 is 2.69 bits per heavy atom. The van der Waals surface area contributed by atoms with Crippen LogP contribution in [0.4, 0.5) is 4.39 Å². The minimum absolute atomic E-state index is 0.00692. The lowest BCUT2D eigenvalue weighted by Crippen LogP contribution is -2.28. The second-order valence-electron chi connectivity index (χ2n) is 9.21. The lowest BCUT2D eigenvalue weighted by Gasteiger charge is -2.27. The average molecular weight is 493 g/mol. The molecule has 5 N–H and O–H groups in total. The Labute approximate surface area is 210 Å². The van der Waals surface area contributed by atoms with Gasteiger partial charge in [0, 0.05) is 35.7 Å². The molecule has 0 aromatic heterocycles. The van der Waals surface area contributed by atoms with E-state index >= 15 is 0 Å². The quantitative estimate of drug-likeness (QED) is 0.260. The molecule has 0 saturated carbocycles. The third kappa shape index (κ3) is 5.43. The third-order valence-electron chi connectivity index (χ3n) is 6.80. The van der Waals surface area contributed by atoms with Crippen molar-refractivity contribution in [1.29, 1.82) is 0 Å². The Morgan fingerprint density at radius 2 is 1.97 bits per heavy atom. The molecule has 190 valence electrons. The standard InChI is InChI=1S/C29H33FN2O4/c1-18-23(8-3-9-25(18)30)27-26(28(34)20-5-2-7-22(33)15-20)19(10-13-36-14-11-31)16-24(29(27)35)21-6-4-12-32-17-21/h2-3,5,7-9,15-16,21,32-33,35H,4,6,10-14,17,31H2,1H3/t21-/m0/s1. The van der Waals surface area contributed by atoms with Crippen molar-refractivity contribution in [3.05, 3.63) is 82.2 Å². The van der Waals surface area contributed by atoms with Gasteiger partial charge in [0.15, 0.2) is 5.78 Å². The molecule has 0 unspecified atom stereocenters. The molecule has 1 saturated heterocycles. The fourth-order valence-electron chi connectivity index (χ4n) is 4.94. The number of rotatable bonds is 9. The van der Waals surface area contributed by atoms with Crippen LogP contribution in [0.25, 0.3) is 11.1 Å². The van der Waals surface area contributed by atoms with Crippen molar-refractivity contribution in [3.8, 4) is 22.6 Å². The molecule has 1 aliphatic rings. The van der Waals surface area contributed by atoms with Crippen LogP contribution in [0.1, 0.15) is 51.4 Å². The molecule has 1 heterocycles. The number of nitrogens with one attached hydrogen (secondary N) is 1.